The molecule has 0 unspecified atom stereocenters. The summed E-state index contributed by atoms with van der Waals surface area (Å²) in [4.78, 5) is 9.95. The van der Waals surface area contributed by atoms with Crippen molar-refractivity contribution in [2.45, 2.75) is 11.1 Å². The zero-order chi connectivity index (χ0) is 24.6. The van der Waals surface area contributed by atoms with Gasteiger partial charge in [0.1, 0.15) is 17.6 Å². The lowest BCUT2D eigenvalue weighted by Gasteiger charge is -2.13. The Bertz CT molecular complexity index is 1420. The Morgan fingerprint density at radius 3 is 2.36 bits per heavy atom. The van der Waals surface area contributed by atoms with Crippen LogP contribution in [0.15, 0.2) is 59.5 Å². The lowest BCUT2D eigenvalue weighted by molar-refractivity contribution is -0.384. The highest BCUT2D eigenvalue weighted by Crippen LogP contribution is 2.39. The molecular formula is C20H11ClF3N3O5S. The molecule has 0 aliphatic rings. The molecule has 170 valence electrons. The summed E-state index contributed by atoms with van der Waals surface area (Å²) in [5, 5.41) is 25.3. The number of nitriles is 1. The number of rotatable bonds is 5. The number of nitrogens with zero attached hydrogens (tertiary/aromatic N) is 2. The second-order valence-corrected chi connectivity index (χ2v) is 8.48. The second kappa shape index (κ2) is 8.70. The first kappa shape index (κ1) is 24.0. The van der Waals surface area contributed by atoms with Gasteiger partial charge in [-0.25, -0.2) is 13.6 Å². The summed E-state index contributed by atoms with van der Waals surface area (Å²) in [6.07, 6.45) is -4.73. The molecule has 0 aliphatic carbocycles. The van der Waals surface area contributed by atoms with Gasteiger partial charge >= 0.3 is 6.18 Å². The van der Waals surface area contributed by atoms with Gasteiger partial charge in [-0.05, 0) is 42.0 Å². The maximum Gasteiger partial charge on any atom is 0.417 e. The molecule has 0 heterocycles. The molecule has 0 aromatic heterocycles. The molecule has 0 bridgehead atoms. The lowest BCUT2D eigenvalue weighted by atomic mass is 10.0. The number of ether oxygens (including phenoxy) is 1. The van der Waals surface area contributed by atoms with Crippen molar-refractivity contribution in [2.24, 2.45) is 5.14 Å². The van der Waals surface area contributed by atoms with E-state index in [0.29, 0.717) is 6.07 Å². The molecule has 13 heteroatoms. The Hall–Kier alpha value is -3.66. The van der Waals surface area contributed by atoms with Crippen LogP contribution >= 0.6 is 11.6 Å². The highest BCUT2D eigenvalue weighted by Gasteiger charge is 2.33. The number of nitro groups is 1. The van der Waals surface area contributed by atoms with E-state index in [0.717, 1.165) is 24.3 Å². The predicted octanol–water partition coefficient (Wildman–Crippen LogP) is 5.25. The number of hydrogen-bond acceptors (Lipinski definition) is 6. The van der Waals surface area contributed by atoms with Crippen LogP contribution in [0.25, 0.3) is 11.1 Å². The van der Waals surface area contributed by atoms with E-state index in [1.807, 2.05) is 0 Å². The van der Waals surface area contributed by atoms with Crippen molar-refractivity contribution < 1.29 is 31.2 Å². The standard InChI is InChI=1S/C20H11ClF3N3O5S/c21-17-4-3-14(9-16(17)20(22,23)24)32-18-5-1-11(7-12(18)10-25)15-8-13(27(28)29)2-6-19(15)33(26,30)31/h1-9H,(H2,26,30,31). The van der Waals surface area contributed by atoms with Gasteiger partial charge in [0.15, 0.2) is 0 Å². The monoisotopic (exact) mass is 497 g/mol. The van der Waals surface area contributed by atoms with E-state index in [-0.39, 0.29) is 28.2 Å². The van der Waals surface area contributed by atoms with Gasteiger partial charge < -0.3 is 4.74 Å². The first-order valence-electron chi connectivity index (χ1n) is 8.71. The molecule has 0 radical (unpaired) electrons. The molecule has 3 rings (SSSR count). The Morgan fingerprint density at radius 2 is 1.79 bits per heavy atom. The molecule has 0 fully saturated rings. The molecular weight excluding hydrogens is 487 g/mol. The summed E-state index contributed by atoms with van der Waals surface area (Å²) in [7, 11) is -4.28. The maximum absolute atomic E-state index is 13.1. The Labute approximate surface area is 189 Å². The van der Waals surface area contributed by atoms with Crippen LogP contribution in [0.5, 0.6) is 11.5 Å². The van der Waals surface area contributed by atoms with Gasteiger partial charge in [-0.1, -0.05) is 17.7 Å². The number of sulfonamides is 1. The zero-order valence-corrected chi connectivity index (χ0v) is 17.7. The van der Waals surface area contributed by atoms with Crippen LogP contribution in [0.3, 0.4) is 0 Å². The van der Waals surface area contributed by atoms with E-state index in [4.69, 9.17) is 21.5 Å². The van der Waals surface area contributed by atoms with Crippen molar-refractivity contribution in [2.75, 3.05) is 0 Å². The zero-order valence-electron chi connectivity index (χ0n) is 16.1. The average molecular weight is 498 g/mol. The van der Waals surface area contributed by atoms with Gasteiger partial charge in [0.2, 0.25) is 10.0 Å². The largest absolute Gasteiger partial charge is 0.456 e. The minimum atomic E-state index is -4.73. The summed E-state index contributed by atoms with van der Waals surface area (Å²) < 4.78 is 68.5. The third-order valence-electron chi connectivity index (χ3n) is 4.36. The fraction of sp³-hybridized carbons (Fsp3) is 0.0500. The van der Waals surface area contributed by atoms with Crippen molar-refractivity contribution in [3.8, 4) is 28.7 Å². The molecule has 0 amide bonds. The average Bonchev–Trinajstić information content (AvgIpc) is 2.73. The normalized spacial score (nSPS) is 11.6. The predicted molar refractivity (Wildman–Crippen MR) is 111 cm³/mol. The highest BCUT2D eigenvalue weighted by atomic mass is 35.5. The summed E-state index contributed by atoms with van der Waals surface area (Å²) in [5.74, 6) is -0.393. The Morgan fingerprint density at radius 1 is 1.09 bits per heavy atom. The smallest absolute Gasteiger partial charge is 0.417 e. The fourth-order valence-electron chi connectivity index (χ4n) is 2.89. The number of alkyl halides is 3. The van der Waals surface area contributed by atoms with Crippen LogP contribution in [0.1, 0.15) is 11.1 Å². The summed E-state index contributed by atoms with van der Waals surface area (Å²) in [6, 6.07) is 11.2. The van der Waals surface area contributed by atoms with Crippen LogP contribution in [0, 0.1) is 21.4 Å². The van der Waals surface area contributed by atoms with Crippen LogP contribution in [-0.4, -0.2) is 13.3 Å². The maximum atomic E-state index is 13.1. The van der Waals surface area contributed by atoms with Crippen LogP contribution < -0.4 is 9.88 Å². The molecule has 3 aromatic carbocycles. The van der Waals surface area contributed by atoms with Gasteiger partial charge in [0, 0.05) is 17.7 Å². The number of nitro benzene ring substituents is 1. The second-order valence-electron chi connectivity index (χ2n) is 6.55. The fourth-order valence-corrected chi connectivity index (χ4v) is 3.86. The SMILES string of the molecule is N#Cc1cc(-c2cc([N+](=O)[O-])ccc2S(N)(=O)=O)ccc1Oc1ccc(Cl)c(C(F)(F)F)c1. The van der Waals surface area contributed by atoms with E-state index in [9.17, 15) is 37.0 Å². The summed E-state index contributed by atoms with van der Waals surface area (Å²) in [6.45, 7) is 0. The van der Waals surface area contributed by atoms with Crippen molar-refractivity contribution in [1.29, 1.82) is 5.26 Å². The third kappa shape index (κ3) is 5.23. The number of non-ortho nitro benzene ring substituents is 1. The first-order chi connectivity index (χ1) is 15.3. The van der Waals surface area contributed by atoms with Crippen LogP contribution in [0.4, 0.5) is 18.9 Å². The van der Waals surface area contributed by atoms with Gasteiger partial charge in [-0.2, -0.15) is 18.4 Å². The molecule has 0 aliphatic heterocycles. The van der Waals surface area contributed by atoms with Gasteiger partial charge in [-0.15, -0.1) is 0 Å². The molecule has 33 heavy (non-hydrogen) atoms. The number of primary sulfonamides is 1. The summed E-state index contributed by atoms with van der Waals surface area (Å²) >= 11 is 5.58. The van der Waals surface area contributed by atoms with E-state index >= 15 is 0 Å². The van der Waals surface area contributed by atoms with Crippen molar-refractivity contribution >= 4 is 27.3 Å². The van der Waals surface area contributed by atoms with E-state index in [2.05, 4.69) is 0 Å². The molecule has 0 saturated carbocycles. The van der Waals surface area contributed by atoms with Gasteiger partial charge in [-0.3, -0.25) is 10.1 Å². The highest BCUT2D eigenvalue weighted by molar-refractivity contribution is 7.89. The quantitative estimate of drug-likeness (QED) is 0.378. The molecule has 0 spiro atoms. The molecule has 0 saturated heterocycles. The molecule has 8 nitrogen and oxygen atoms in total. The molecule has 0 atom stereocenters. The lowest BCUT2D eigenvalue weighted by Crippen LogP contribution is -2.13. The van der Waals surface area contributed by atoms with Crippen molar-refractivity contribution in [3.63, 3.8) is 0 Å². The van der Waals surface area contributed by atoms with Gasteiger partial charge in [0.05, 0.1) is 26.0 Å². The molecule has 2 N–H and O–H groups in total. The number of nitrogens with two attached hydrogens (primary N) is 1. The third-order valence-corrected chi connectivity index (χ3v) is 5.66. The minimum Gasteiger partial charge on any atom is -0.456 e. The minimum absolute atomic E-state index is 0.0821. The number of hydrogen-bond donors (Lipinski definition) is 1. The van der Waals surface area contributed by atoms with E-state index < -0.39 is 42.3 Å². The topological polar surface area (TPSA) is 136 Å². The van der Waals surface area contributed by atoms with Crippen LogP contribution in [0.2, 0.25) is 5.02 Å². The molecule has 3 aromatic rings. The summed E-state index contributed by atoms with van der Waals surface area (Å²) in [5.41, 5.74) is -1.79. The van der Waals surface area contributed by atoms with Crippen molar-refractivity contribution in [1.82, 2.24) is 0 Å². The Balaban J connectivity index is 2.09. The first-order valence-corrected chi connectivity index (χ1v) is 10.6. The van der Waals surface area contributed by atoms with Gasteiger partial charge in [0.25, 0.3) is 5.69 Å². The number of benzene rings is 3. The number of halogens is 4. The van der Waals surface area contributed by atoms with Crippen LogP contribution in [-0.2, 0) is 16.2 Å². The van der Waals surface area contributed by atoms with E-state index in [1.165, 1.54) is 24.3 Å². The van der Waals surface area contributed by atoms with Crippen molar-refractivity contribution in [3.05, 3.63) is 80.9 Å². The Kier molecular flexibility index (Phi) is 6.33. The van der Waals surface area contributed by atoms with E-state index in [1.54, 1.807) is 6.07 Å².